The summed E-state index contributed by atoms with van der Waals surface area (Å²) in [5.74, 6) is -0.253. The highest BCUT2D eigenvalue weighted by Crippen LogP contribution is 2.28. The van der Waals surface area contributed by atoms with Crippen molar-refractivity contribution in [3.63, 3.8) is 0 Å². The number of benzene rings is 2. The standard InChI is InChI=1S/C18H14BrN3OS.2ClH/c19-12-3-1-4-15(11-12)24-17-6-2-5-16(22-17)18(23)21-14-9-7-13(20)8-10-14;;/h1-11H,20H2,(H,21,23);2*1H. The van der Waals surface area contributed by atoms with Crippen molar-refractivity contribution in [2.24, 2.45) is 0 Å². The lowest BCUT2D eigenvalue weighted by Crippen LogP contribution is -2.13. The molecule has 0 radical (unpaired) electrons. The Kier molecular flexibility index (Phi) is 8.95. The number of nitrogen functional groups attached to an aromatic ring is 1. The molecule has 3 rings (SSSR count). The Bertz CT molecular complexity index is 878. The Morgan fingerprint density at radius 3 is 2.38 bits per heavy atom. The van der Waals surface area contributed by atoms with E-state index in [9.17, 15) is 4.79 Å². The number of nitrogens with two attached hydrogens (primary N) is 1. The first-order valence-corrected chi connectivity index (χ1v) is 8.78. The summed E-state index contributed by atoms with van der Waals surface area (Å²) in [5.41, 5.74) is 7.34. The van der Waals surface area contributed by atoms with Crippen LogP contribution >= 0.6 is 52.5 Å². The number of hydrogen-bond acceptors (Lipinski definition) is 4. The molecule has 4 nitrogen and oxygen atoms in total. The van der Waals surface area contributed by atoms with E-state index in [2.05, 4.69) is 26.2 Å². The largest absolute Gasteiger partial charge is 0.399 e. The number of amides is 1. The van der Waals surface area contributed by atoms with Crippen LogP contribution in [0.15, 0.2) is 81.1 Å². The maximum Gasteiger partial charge on any atom is 0.274 e. The molecule has 0 saturated heterocycles. The van der Waals surface area contributed by atoms with Gasteiger partial charge in [0.2, 0.25) is 0 Å². The number of carbonyl (C=O) groups is 1. The SMILES string of the molecule is Cl.Cl.Nc1ccc(NC(=O)c2cccc(Sc3cccc(Br)c3)n2)cc1. The molecule has 0 spiro atoms. The lowest BCUT2D eigenvalue weighted by Gasteiger charge is -2.07. The quantitative estimate of drug-likeness (QED) is 0.479. The van der Waals surface area contributed by atoms with Gasteiger partial charge in [0, 0.05) is 20.7 Å². The van der Waals surface area contributed by atoms with Crippen molar-refractivity contribution in [2.45, 2.75) is 9.92 Å². The predicted molar refractivity (Wildman–Crippen MR) is 116 cm³/mol. The fourth-order valence-electron chi connectivity index (χ4n) is 2.01. The number of nitrogens with one attached hydrogen (secondary N) is 1. The van der Waals surface area contributed by atoms with Gasteiger partial charge in [-0.15, -0.1) is 24.8 Å². The molecule has 2 aromatic carbocycles. The summed E-state index contributed by atoms with van der Waals surface area (Å²) in [6, 6.07) is 20.3. The Morgan fingerprint density at radius 1 is 1.00 bits per heavy atom. The molecule has 1 heterocycles. The van der Waals surface area contributed by atoms with Crippen LogP contribution in [0, 0.1) is 0 Å². The van der Waals surface area contributed by atoms with Gasteiger partial charge < -0.3 is 11.1 Å². The molecular weight excluding hydrogens is 457 g/mol. The average Bonchev–Trinajstić information content (AvgIpc) is 2.57. The number of carbonyl (C=O) groups excluding carboxylic acids is 1. The van der Waals surface area contributed by atoms with E-state index in [1.165, 1.54) is 11.8 Å². The minimum absolute atomic E-state index is 0. The van der Waals surface area contributed by atoms with Crippen molar-refractivity contribution in [3.05, 3.63) is 76.9 Å². The molecule has 0 atom stereocenters. The fraction of sp³-hybridized carbons (Fsp3) is 0. The average molecular weight is 473 g/mol. The van der Waals surface area contributed by atoms with Gasteiger partial charge in [-0.1, -0.05) is 39.8 Å². The molecule has 26 heavy (non-hydrogen) atoms. The number of halogens is 3. The van der Waals surface area contributed by atoms with Crippen LogP contribution in [-0.2, 0) is 0 Å². The summed E-state index contributed by atoms with van der Waals surface area (Å²) in [7, 11) is 0. The van der Waals surface area contributed by atoms with Crippen LogP contribution in [-0.4, -0.2) is 10.9 Å². The molecule has 1 amide bonds. The molecule has 3 N–H and O–H groups in total. The van der Waals surface area contributed by atoms with Crippen molar-refractivity contribution in [1.29, 1.82) is 0 Å². The van der Waals surface area contributed by atoms with Crippen molar-refractivity contribution < 1.29 is 4.79 Å². The third kappa shape index (κ3) is 6.21. The third-order valence-corrected chi connectivity index (χ3v) is 4.56. The second-order valence-corrected chi connectivity index (χ2v) is 7.01. The Hall–Kier alpha value is -1.73. The fourth-order valence-corrected chi connectivity index (χ4v) is 3.43. The van der Waals surface area contributed by atoms with Crippen LogP contribution in [0.25, 0.3) is 0 Å². The van der Waals surface area contributed by atoms with Gasteiger partial charge in [0.05, 0.1) is 0 Å². The van der Waals surface area contributed by atoms with Crippen LogP contribution in [0.4, 0.5) is 11.4 Å². The maximum absolute atomic E-state index is 12.3. The van der Waals surface area contributed by atoms with Crippen LogP contribution in [0.2, 0.25) is 0 Å². The number of hydrogen-bond donors (Lipinski definition) is 2. The van der Waals surface area contributed by atoms with Gasteiger partial charge in [0.15, 0.2) is 0 Å². The second-order valence-electron chi connectivity index (χ2n) is 5.00. The minimum Gasteiger partial charge on any atom is -0.399 e. The van der Waals surface area contributed by atoms with Gasteiger partial charge >= 0.3 is 0 Å². The smallest absolute Gasteiger partial charge is 0.274 e. The monoisotopic (exact) mass is 471 g/mol. The molecule has 8 heteroatoms. The second kappa shape index (κ2) is 10.4. The Labute approximate surface area is 176 Å². The van der Waals surface area contributed by atoms with Gasteiger partial charge in [0.25, 0.3) is 5.91 Å². The van der Waals surface area contributed by atoms with Crippen molar-refractivity contribution in [1.82, 2.24) is 4.98 Å². The summed E-state index contributed by atoms with van der Waals surface area (Å²) in [6.07, 6.45) is 0. The van der Waals surface area contributed by atoms with Gasteiger partial charge in [-0.3, -0.25) is 4.79 Å². The van der Waals surface area contributed by atoms with Crippen LogP contribution in [0.1, 0.15) is 10.5 Å². The number of pyridine rings is 1. The molecule has 0 aliphatic carbocycles. The van der Waals surface area contributed by atoms with E-state index in [1.807, 2.05) is 36.4 Å². The van der Waals surface area contributed by atoms with E-state index < -0.39 is 0 Å². The summed E-state index contributed by atoms with van der Waals surface area (Å²) in [4.78, 5) is 17.8. The Morgan fingerprint density at radius 2 is 1.69 bits per heavy atom. The highest BCUT2D eigenvalue weighted by molar-refractivity contribution is 9.10. The summed E-state index contributed by atoms with van der Waals surface area (Å²) >= 11 is 4.95. The molecular formula is C18H16BrCl2N3OS. The zero-order valence-corrected chi connectivity index (χ0v) is 17.4. The molecule has 3 aromatic rings. The van der Waals surface area contributed by atoms with Crippen molar-refractivity contribution in [3.8, 4) is 0 Å². The van der Waals surface area contributed by atoms with E-state index in [1.54, 1.807) is 30.3 Å². The van der Waals surface area contributed by atoms with Gasteiger partial charge in [-0.2, -0.15) is 0 Å². The first-order chi connectivity index (χ1) is 11.6. The highest BCUT2D eigenvalue weighted by atomic mass is 79.9. The molecule has 0 aliphatic heterocycles. The van der Waals surface area contributed by atoms with E-state index in [0.29, 0.717) is 17.1 Å². The molecule has 0 aliphatic rings. The van der Waals surface area contributed by atoms with E-state index in [0.717, 1.165) is 14.4 Å². The molecule has 0 bridgehead atoms. The normalized spacial score (nSPS) is 9.58. The summed E-state index contributed by atoms with van der Waals surface area (Å²) in [6.45, 7) is 0. The zero-order chi connectivity index (χ0) is 16.9. The lowest BCUT2D eigenvalue weighted by molar-refractivity contribution is 0.102. The van der Waals surface area contributed by atoms with Crippen molar-refractivity contribution >= 4 is 69.8 Å². The molecule has 0 fully saturated rings. The molecule has 0 unspecified atom stereocenters. The van der Waals surface area contributed by atoms with E-state index in [4.69, 9.17) is 5.73 Å². The highest BCUT2D eigenvalue weighted by Gasteiger charge is 2.09. The molecule has 0 saturated carbocycles. The lowest BCUT2D eigenvalue weighted by atomic mass is 10.2. The minimum atomic E-state index is -0.253. The first kappa shape index (κ1) is 22.3. The molecule has 136 valence electrons. The third-order valence-electron chi connectivity index (χ3n) is 3.14. The van der Waals surface area contributed by atoms with E-state index >= 15 is 0 Å². The van der Waals surface area contributed by atoms with Gasteiger partial charge in [-0.05, 0) is 54.6 Å². The van der Waals surface area contributed by atoms with Crippen molar-refractivity contribution in [2.75, 3.05) is 11.1 Å². The zero-order valence-electron chi connectivity index (χ0n) is 13.4. The Balaban J connectivity index is 0.00000169. The van der Waals surface area contributed by atoms with Gasteiger partial charge in [0.1, 0.15) is 10.7 Å². The topological polar surface area (TPSA) is 68.0 Å². The van der Waals surface area contributed by atoms with E-state index in [-0.39, 0.29) is 30.7 Å². The van der Waals surface area contributed by atoms with Gasteiger partial charge in [-0.25, -0.2) is 4.98 Å². The van der Waals surface area contributed by atoms with Crippen LogP contribution < -0.4 is 11.1 Å². The number of aromatic nitrogens is 1. The maximum atomic E-state index is 12.3. The summed E-state index contributed by atoms with van der Waals surface area (Å²) in [5, 5.41) is 3.57. The van der Waals surface area contributed by atoms with Crippen LogP contribution in [0.3, 0.4) is 0 Å². The summed E-state index contributed by atoms with van der Waals surface area (Å²) < 4.78 is 1.00. The number of nitrogens with zero attached hydrogens (tertiary/aromatic N) is 1. The number of anilines is 2. The first-order valence-electron chi connectivity index (χ1n) is 7.17. The predicted octanol–water partition coefficient (Wildman–Crippen LogP) is 5.67. The van der Waals surface area contributed by atoms with Crippen LogP contribution in [0.5, 0.6) is 0 Å². The molecule has 1 aromatic heterocycles. The number of rotatable bonds is 4.